The second-order valence-corrected chi connectivity index (χ2v) is 5.54. The number of alkyl halides is 1. The van der Waals surface area contributed by atoms with Gasteiger partial charge in [0.1, 0.15) is 5.75 Å². The number of methoxy groups -OCH3 is 1. The minimum atomic E-state index is 0.345. The van der Waals surface area contributed by atoms with Crippen LogP contribution in [0, 0.1) is 12.8 Å². The largest absolute Gasteiger partial charge is 0.497 e. The third-order valence-corrected chi connectivity index (χ3v) is 4.07. The highest BCUT2D eigenvalue weighted by Gasteiger charge is 2.24. The smallest absolute Gasteiger partial charge is 0.122 e. The third-order valence-electron chi connectivity index (χ3n) is 3.49. The molecule has 0 spiro atoms. The van der Waals surface area contributed by atoms with Crippen LogP contribution in [0.5, 0.6) is 5.75 Å². The first-order valence-electron chi connectivity index (χ1n) is 6.55. The summed E-state index contributed by atoms with van der Waals surface area (Å²) in [6.07, 6.45) is 3.66. The van der Waals surface area contributed by atoms with E-state index in [1.807, 2.05) is 19.1 Å². The van der Waals surface area contributed by atoms with Crippen LogP contribution < -0.4 is 10.1 Å². The number of nitrogens with one attached hydrogen (secondary N) is 1. The number of pyridine rings is 1. The summed E-state index contributed by atoms with van der Waals surface area (Å²) in [5, 5.41) is 3.79. The summed E-state index contributed by atoms with van der Waals surface area (Å²) < 4.78 is 5.24. The highest BCUT2D eigenvalue weighted by atomic mass is 35.5. The Bertz CT molecular complexity index is 397. The van der Waals surface area contributed by atoms with Crippen molar-refractivity contribution in [2.24, 2.45) is 5.92 Å². The molecule has 0 aliphatic heterocycles. The molecule has 1 aliphatic carbocycles. The molecule has 2 unspecified atom stereocenters. The van der Waals surface area contributed by atoms with Crippen molar-refractivity contribution in [2.45, 2.75) is 38.1 Å². The van der Waals surface area contributed by atoms with E-state index >= 15 is 0 Å². The van der Waals surface area contributed by atoms with Gasteiger partial charge >= 0.3 is 0 Å². The Kier molecular flexibility index (Phi) is 4.84. The van der Waals surface area contributed by atoms with Crippen molar-refractivity contribution in [1.29, 1.82) is 0 Å². The quantitative estimate of drug-likeness (QED) is 0.834. The highest BCUT2D eigenvalue weighted by molar-refractivity contribution is 6.20. The standard InChI is InChI=1S/C14H21ClN2O/c1-10-6-13(18-2)7-12(17-10)9-16-8-11-4-3-5-14(11)15/h6-7,11,14,16H,3-5,8-9H2,1-2H3. The van der Waals surface area contributed by atoms with Crippen LogP contribution in [0.1, 0.15) is 30.7 Å². The molecule has 1 fully saturated rings. The van der Waals surface area contributed by atoms with Crippen LogP contribution >= 0.6 is 11.6 Å². The fourth-order valence-corrected chi connectivity index (χ4v) is 2.89. The average molecular weight is 269 g/mol. The summed E-state index contributed by atoms with van der Waals surface area (Å²) in [7, 11) is 1.68. The molecule has 1 N–H and O–H groups in total. The Morgan fingerprint density at radius 1 is 1.44 bits per heavy atom. The lowest BCUT2D eigenvalue weighted by atomic mass is 10.1. The Labute approximate surface area is 114 Å². The van der Waals surface area contributed by atoms with Gasteiger partial charge in [-0.05, 0) is 32.2 Å². The molecule has 18 heavy (non-hydrogen) atoms. The lowest BCUT2D eigenvalue weighted by Gasteiger charge is -2.14. The van der Waals surface area contributed by atoms with Crippen LogP contribution in [-0.4, -0.2) is 24.0 Å². The molecular formula is C14H21ClN2O. The third kappa shape index (κ3) is 3.59. The van der Waals surface area contributed by atoms with Crippen LogP contribution in [0.2, 0.25) is 0 Å². The van der Waals surface area contributed by atoms with E-state index in [2.05, 4.69) is 10.3 Å². The lowest BCUT2D eigenvalue weighted by Crippen LogP contribution is -2.25. The molecule has 3 nitrogen and oxygen atoms in total. The second-order valence-electron chi connectivity index (χ2n) is 4.98. The highest BCUT2D eigenvalue weighted by Crippen LogP contribution is 2.29. The van der Waals surface area contributed by atoms with Crippen LogP contribution in [0.3, 0.4) is 0 Å². The summed E-state index contributed by atoms with van der Waals surface area (Å²) in [5.74, 6) is 1.48. The van der Waals surface area contributed by atoms with Crippen molar-refractivity contribution in [1.82, 2.24) is 10.3 Å². The zero-order valence-electron chi connectivity index (χ0n) is 11.1. The minimum Gasteiger partial charge on any atom is -0.497 e. The molecule has 100 valence electrons. The SMILES string of the molecule is COc1cc(C)nc(CNCC2CCCC2Cl)c1. The van der Waals surface area contributed by atoms with E-state index in [9.17, 15) is 0 Å². The Morgan fingerprint density at radius 3 is 2.94 bits per heavy atom. The molecule has 2 atom stereocenters. The monoisotopic (exact) mass is 268 g/mol. The molecule has 2 rings (SSSR count). The normalized spacial score (nSPS) is 23.3. The van der Waals surface area contributed by atoms with E-state index in [1.165, 1.54) is 12.8 Å². The predicted molar refractivity (Wildman–Crippen MR) is 74.2 cm³/mol. The molecule has 0 bridgehead atoms. The van der Waals surface area contributed by atoms with E-state index < -0.39 is 0 Å². The number of ether oxygens (including phenoxy) is 1. The van der Waals surface area contributed by atoms with Gasteiger partial charge in [-0.1, -0.05) is 6.42 Å². The second kappa shape index (κ2) is 6.39. The molecule has 1 heterocycles. The van der Waals surface area contributed by atoms with Gasteiger partial charge in [-0.2, -0.15) is 0 Å². The first-order valence-corrected chi connectivity index (χ1v) is 6.99. The maximum atomic E-state index is 6.26. The Balaban J connectivity index is 1.84. The number of hydrogen-bond donors (Lipinski definition) is 1. The van der Waals surface area contributed by atoms with Crippen molar-refractivity contribution in [3.63, 3.8) is 0 Å². The summed E-state index contributed by atoms with van der Waals surface area (Å²) in [6.45, 7) is 3.74. The van der Waals surface area contributed by atoms with Crippen molar-refractivity contribution < 1.29 is 4.74 Å². The van der Waals surface area contributed by atoms with E-state index in [0.717, 1.165) is 36.6 Å². The summed E-state index contributed by atoms with van der Waals surface area (Å²) in [6, 6.07) is 3.92. The topological polar surface area (TPSA) is 34.1 Å². The number of hydrogen-bond acceptors (Lipinski definition) is 3. The van der Waals surface area contributed by atoms with E-state index in [4.69, 9.17) is 16.3 Å². The lowest BCUT2D eigenvalue weighted by molar-refractivity contribution is 0.412. The molecule has 1 aromatic rings. The number of rotatable bonds is 5. The number of aryl methyl sites for hydroxylation is 1. The Hall–Kier alpha value is -0.800. The number of nitrogens with zero attached hydrogens (tertiary/aromatic N) is 1. The van der Waals surface area contributed by atoms with E-state index in [1.54, 1.807) is 7.11 Å². The van der Waals surface area contributed by atoms with Gasteiger partial charge in [-0.25, -0.2) is 0 Å². The molecule has 0 saturated heterocycles. The number of halogens is 1. The first-order chi connectivity index (χ1) is 8.69. The fraction of sp³-hybridized carbons (Fsp3) is 0.643. The molecule has 1 aromatic heterocycles. The summed E-state index contributed by atoms with van der Waals surface area (Å²) in [5.41, 5.74) is 2.01. The molecule has 1 aliphatic rings. The molecular weight excluding hydrogens is 248 g/mol. The van der Waals surface area contributed by atoms with Gasteiger partial charge in [0.15, 0.2) is 0 Å². The summed E-state index contributed by atoms with van der Waals surface area (Å²) in [4.78, 5) is 4.49. The van der Waals surface area contributed by atoms with Crippen LogP contribution in [0.15, 0.2) is 12.1 Å². The van der Waals surface area contributed by atoms with Gasteiger partial charge in [0.25, 0.3) is 0 Å². The van der Waals surface area contributed by atoms with Crippen molar-refractivity contribution in [3.05, 3.63) is 23.5 Å². The van der Waals surface area contributed by atoms with Gasteiger partial charge in [-0.3, -0.25) is 4.98 Å². The van der Waals surface area contributed by atoms with Gasteiger partial charge in [-0.15, -0.1) is 11.6 Å². The maximum Gasteiger partial charge on any atom is 0.122 e. The van der Waals surface area contributed by atoms with Crippen molar-refractivity contribution in [3.8, 4) is 5.75 Å². The van der Waals surface area contributed by atoms with Crippen molar-refractivity contribution >= 4 is 11.6 Å². The van der Waals surface area contributed by atoms with Gasteiger partial charge in [0, 0.05) is 29.7 Å². The molecule has 1 saturated carbocycles. The van der Waals surface area contributed by atoms with Crippen LogP contribution in [-0.2, 0) is 6.54 Å². The molecule has 0 radical (unpaired) electrons. The minimum absolute atomic E-state index is 0.345. The van der Waals surface area contributed by atoms with Crippen molar-refractivity contribution in [2.75, 3.05) is 13.7 Å². The Morgan fingerprint density at radius 2 is 2.28 bits per heavy atom. The zero-order valence-corrected chi connectivity index (χ0v) is 11.8. The van der Waals surface area contributed by atoms with Crippen LogP contribution in [0.25, 0.3) is 0 Å². The first kappa shape index (κ1) is 13.6. The predicted octanol–water partition coefficient (Wildman–Crippen LogP) is 2.90. The van der Waals surface area contributed by atoms with E-state index in [-0.39, 0.29) is 0 Å². The average Bonchev–Trinajstić information content (AvgIpc) is 2.74. The van der Waals surface area contributed by atoms with Gasteiger partial charge in [0.2, 0.25) is 0 Å². The molecule has 0 amide bonds. The fourth-order valence-electron chi connectivity index (χ4n) is 2.52. The van der Waals surface area contributed by atoms with Crippen LogP contribution in [0.4, 0.5) is 0 Å². The summed E-state index contributed by atoms with van der Waals surface area (Å²) >= 11 is 6.26. The van der Waals surface area contributed by atoms with Gasteiger partial charge < -0.3 is 10.1 Å². The molecule has 0 aromatic carbocycles. The van der Waals surface area contributed by atoms with E-state index in [0.29, 0.717) is 11.3 Å². The van der Waals surface area contributed by atoms with Gasteiger partial charge in [0.05, 0.1) is 12.8 Å². The molecule has 4 heteroatoms. The number of aromatic nitrogens is 1. The zero-order chi connectivity index (χ0) is 13.0. The maximum absolute atomic E-state index is 6.26.